The number of fused-ring (bicyclic) bond motifs is 2. The summed E-state index contributed by atoms with van der Waals surface area (Å²) in [7, 11) is 3.09. The van der Waals surface area contributed by atoms with Crippen LogP contribution in [-0.4, -0.2) is 29.6 Å². The summed E-state index contributed by atoms with van der Waals surface area (Å²) in [4.78, 5) is 29.5. The van der Waals surface area contributed by atoms with Crippen molar-refractivity contribution in [3.8, 4) is 17.4 Å². The van der Waals surface area contributed by atoms with Crippen molar-refractivity contribution >= 4 is 11.6 Å². The van der Waals surface area contributed by atoms with Crippen LogP contribution in [0.25, 0.3) is 5.65 Å². The van der Waals surface area contributed by atoms with Crippen molar-refractivity contribution in [1.29, 1.82) is 0 Å². The molecule has 0 saturated carbocycles. The molecule has 7 nitrogen and oxygen atoms in total. The van der Waals surface area contributed by atoms with Crippen molar-refractivity contribution in [3.63, 3.8) is 0 Å². The first-order valence-electron chi connectivity index (χ1n) is 8.06. The van der Waals surface area contributed by atoms with Gasteiger partial charge in [-0.05, 0) is 29.8 Å². The number of pyridine rings is 1. The fraction of sp³-hybridized carbons (Fsp3) is 0.211. The standard InChI is InChI=1S/C19H16N2O5/c1-24-13-7-6-11(9-14(13)25-2)12-10-16(22)26-18-17(12)19(23)21-8-4-3-5-15(21)20-18/h3-9,12H,10H2,1-2H3. The molecule has 26 heavy (non-hydrogen) atoms. The molecule has 3 aromatic rings. The number of nitrogens with zero attached hydrogens (tertiary/aromatic N) is 2. The Kier molecular flexibility index (Phi) is 3.84. The third-order valence-electron chi connectivity index (χ3n) is 4.47. The van der Waals surface area contributed by atoms with Gasteiger partial charge in [-0.3, -0.25) is 14.0 Å². The molecule has 1 aliphatic heterocycles. The number of rotatable bonds is 3. The van der Waals surface area contributed by atoms with Crippen LogP contribution in [0.15, 0.2) is 47.4 Å². The van der Waals surface area contributed by atoms with Crippen LogP contribution in [0.5, 0.6) is 17.4 Å². The second-order valence-corrected chi connectivity index (χ2v) is 5.91. The summed E-state index contributed by atoms with van der Waals surface area (Å²) in [6.45, 7) is 0. The van der Waals surface area contributed by atoms with Crippen molar-refractivity contribution in [2.24, 2.45) is 0 Å². The highest BCUT2D eigenvalue weighted by molar-refractivity contribution is 5.77. The highest BCUT2D eigenvalue weighted by Crippen LogP contribution is 2.39. The van der Waals surface area contributed by atoms with E-state index in [1.165, 1.54) is 11.5 Å². The van der Waals surface area contributed by atoms with Gasteiger partial charge in [0.05, 0.1) is 26.2 Å². The predicted octanol–water partition coefficient (Wildman–Crippen LogP) is 2.15. The topological polar surface area (TPSA) is 79.1 Å². The van der Waals surface area contributed by atoms with Gasteiger partial charge in [-0.25, -0.2) is 0 Å². The molecule has 2 aromatic heterocycles. The lowest BCUT2D eigenvalue weighted by Gasteiger charge is -2.24. The Morgan fingerprint density at radius 3 is 2.69 bits per heavy atom. The van der Waals surface area contributed by atoms with Crippen LogP contribution >= 0.6 is 0 Å². The molecule has 1 aromatic carbocycles. The van der Waals surface area contributed by atoms with Crippen LogP contribution < -0.4 is 19.8 Å². The molecule has 4 rings (SSSR count). The van der Waals surface area contributed by atoms with E-state index in [-0.39, 0.29) is 17.9 Å². The lowest BCUT2D eigenvalue weighted by atomic mass is 9.88. The summed E-state index contributed by atoms with van der Waals surface area (Å²) in [6.07, 6.45) is 1.70. The van der Waals surface area contributed by atoms with Gasteiger partial charge in [0.2, 0.25) is 5.88 Å². The molecule has 0 aliphatic carbocycles. The van der Waals surface area contributed by atoms with Gasteiger partial charge in [-0.2, -0.15) is 4.98 Å². The van der Waals surface area contributed by atoms with Crippen molar-refractivity contribution in [2.45, 2.75) is 12.3 Å². The average molecular weight is 352 g/mol. The van der Waals surface area contributed by atoms with Crippen LogP contribution in [0, 0.1) is 0 Å². The van der Waals surface area contributed by atoms with Crippen LogP contribution in [0.4, 0.5) is 0 Å². The minimum absolute atomic E-state index is 0.0539. The number of hydrogen-bond donors (Lipinski definition) is 0. The maximum absolute atomic E-state index is 13.0. The maximum Gasteiger partial charge on any atom is 0.313 e. The van der Waals surface area contributed by atoms with E-state index in [4.69, 9.17) is 14.2 Å². The SMILES string of the molecule is COc1ccc(C2CC(=O)Oc3nc4ccccn4c(=O)c32)cc1OC. The van der Waals surface area contributed by atoms with Crippen LogP contribution in [-0.2, 0) is 4.79 Å². The summed E-state index contributed by atoms with van der Waals surface area (Å²) in [5.41, 5.74) is 1.30. The van der Waals surface area contributed by atoms with Gasteiger partial charge < -0.3 is 14.2 Å². The van der Waals surface area contributed by atoms with Crippen LogP contribution in [0.2, 0.25) is 0 Å². The van der Waals surface area contributed by atoms with Crippen LogP contribution in [0.1, 0.15) is 23.5 Å². The minimum Gasteiger partial charge on any atom is -0.493 e. The molecule has 7 heteroatoms. The first kappa shape index (κ1) is 16.1. The quantitative estimate of drug-likeness (QED) is 0.672. The Morgan fingerprint density at radius 2 is 1.92 bits per heavy atom. The molecule has 0 N–H and O–H groups in total. The van der Waals surface area contributed by atoms with E-state index in [0.29, 0.717) is 22.7 Å². The van der Waals surface area contributed by atoms with E-state index in [1.54, 1.807) is 43.6 Å². The smallest absolute Gasteiger partial charge is 0.313 e. The van der Waals surface area contributed by atoms with E-state index < -0.39 is 11.9 Å². The van der Waals surface area contributed by atoms with E-state index in [2.05, 4.69) is 4.98 Å². The number of ether oxygens (including phenoxy) is 3. The largest absolute Gasteiger partial charge is 0.493 e. The maximum atomic E-state index is 13.0. The van der Waals surface area contributed by atoms with Crippen molar-refractivity contribution in [1.82, 2.24) is 9.38 Å². The van der Waals surface area contributed by atoms with Crippen molar-refractivity contribution < 1.29 is 19.0 Å². The number of carbonyl (C=O) groups is 1. The van der Waals surface area contributed by atoms with Gasteiger partial charge >= 0.3 is 5.97 Å². The predicted molar refractivity (Wildman–Crippen MR) is 93.1 cm³/mol. The molecular formula is C19H16N2O5. The first-order chi connectivity index (χ1) is 12.6. The fourth-order valence-corrected chi connectivity index (χ4v) is 3.23. The third-order valence-corrected chi connectivity index (χ3v) is 4.47. The van der Waals surface area contributed by atoms with Crippen LogP contribution in [0.3, 0.4) is 0 Å². The number of esters is 1. The molecule has 0 fully saturated rings. The molecule has 132 valence electrons. The number of aromatic nitrogens is 2. The van der Waals surface area contributed by atoms with Gasteiger partial charge in [-0.1, -0.05) is 12.1 Å². The number of methoxy groups -OCH3 is 2. The molecule has 1 unspecified atom stereocenters. The monoisotopic (exact) mass is 352 g/mol. The Bertz CT molecular complexity index is 1070. The Hall–Kier alpha value is -3.35. The zero-order chi connectivity index (χ0) is 18.3. The van der Waals surface area contributed by atoms with E-state index in [0.717, 1.165) is 5.56 Å². The number of carbonyl (C=O) groups excluding carboxylic acids is 1. The van der Waals surface area contributed by atoms with Gasteiger partial charge in [0.25, 0.3) is 5.56 Å². The Balaban J connectivity index is 1.94. The summed E-state index contributed by atoms with van der Waals surface area (Å²) >= 11 is 0. The lowest BCUT2D eigenvalue weighted by molar-refractivity contribution is -0.135. The second kappa shape index (κ2) is 6.18. The molecule has 1 aliphatic rings. The van der Waals surface area contributed by atoms with E-state index in [9.17, 15) is 9.59 Å². The summed E-state index contributed by atoms with van der Waals surface area (Å²) in [6, 6.07) is 10.5. The highest BCUT2D eigenvalue weighted by Gasteiger charge is 2.33. The molecule has 0 radical (unpaired) electrons. The lowest BCUT2D eigenvalue weighted by Crippen LogP contribution is -2.31. The first-order valence-corrected chi connectivity index (χ1v) is 8.06. The minimum atomic E-state index is -0.469. The number of hydrogen-bond acceptors (Lipinski definition) is 6. The van der Waals surface area contributed by atoms with Gasteiger partial charge in [0.15, 0.2) is 11.5 Å². The van der Waals surface area contributed by atoms with E-state index in [1.807, 2.05) is 6.07 Å². The molecule has 0 amide bonds. The van der Waals surface area contributed by atoms with Crippen molar-refractivity contribution in [3.05, 3.63) is 64.1 Å². The Morgan fingerprint density at radius 1 is 1.12 bits per heavy atom. The second-order valence-electron chi connectivity index (χ2n) is 5.91. The normalized spacial score (nSPS) is 16.1. The van der Waals surface area contributed by atoms with E-state index >= 15 is 0 Å². The third kappa shape index (κ3) is 2.48. The van der Waals surface area contributed by atoms with Gasteiger partial charge in [-0.15, -0.1) is 0 Å². The molecule has 1 atom stereocenters. The van der Waals surface area contributed by atoms with Crippen molar-refractivity contribution in [2.75, 3.05) is 14.2 Å². The fourth-order valence-electron chi connectivity index (χ4n) is 3.23. The van der Waals surface area contributed by atoms with Gasteiger partial charge in [0.1, 0.15) is 5.65 Å². The molecule has 3 heterocycles. The zero-order valence-corrected chi connectivity index (χ0v) is 14.3. The average Bonchev–Trinajstić information content (AvgIpc) is 2.66. The molecule has 0 bridgehead atoms. The Labute approximate surface area is 148 Å². The molecular weight excluding hydrogens is 336 g/mol. The number of benzene rings is 1. The zero-order valence-electron chi connectivity index (χ0n) is 14.3. The molecule has 0 spiro atoms. The highest BCUT2D eigenvalue weighted by atomic mass is 16.5. The van der Waals surface area contributed by atoms with Gasteiger partial charge in [0, 0.05) is 12.1 Å². The summed E-state index contributed by atoms with van der Waals surface area (Å²) in [5, 5.41) is 0. The summed E-state index contributed by atoms with van der Waals surface area (Å²) in [5.74, 6) is 0.271. The molecule has 0 saturated heterocycles. The summed E-state index contributed by atoms with van der Waals surface area (Å²) < 4.78 is 17.3.